The van der Waals surface area contributed by atoms with Crippen molar-refractivity contribution in [3.8, 4) is 5.75 Å². The molecule has 7 heterocycles. The predicted octanol–water partition coefficient (Wildman–Crippen LogP) is -15.3. The summed E-state index contributed by atoms with van der Waals surface area (Å²) in [6.45, 7) is 13.1. The summed E-state index contributed by atoms with van der Waals surface area (Å²) in [6, 6.07) is 7.47. The third-order valence-corrected chi connectivity index (χ3v) is 18.5. The van der Waals surface area contributed by atoms with Gasteiger partial charge in [-0.1, -0.05) is 39.8 Å². The first kappa shape index (κ1) is 112. The van der Waals surface area contributed by atoms with Crippen molar-refractivity contribution in [1.29, 1.82) is 0 Å². The van der Waals surface area contributed by atoms with E-state index in [0.29, 0.717) is 38.4 Å². The van der Waals surface area contributed by atoms with Crippen LogP contribution in [0.3, 0.4) is 0 Å². The molecule has 0 bridgehead atoms. The summed E-state index contributed by atoms with van der Waals surface area (Å²) in [4.78, 5) is 33.9. The molecule has 48 nitrogen and oxygen atoms in total. The fourth-order valence-electron chi connectivity index (χ4n) is 11.3. The molecule has 48 heteroatoms. The van der Waals surface area contributed by atoms with E-state index in [-0.39, 0.29) is 45.0 Å². The Balaban J connectivity index is 0.000000678. The molecule has 37 atom stereocenters. The Hall–Kier alpha value is -3.89. The number of benzene rings is 1. The molecule has 7 saturated heterocycles. The van der Waals surface area contributed by atoms with E-state index in [4.69, 9.17) is 109 Å². The lowest BCUT2D eigenvalue weighted by Gasteiger charge is -2.45. The maximum atomic E-state index is 11.6. The van der Waals surface area contributed by atoms with Crippen LogP contribution in [-0.4, -0.2) is 468 Å². The van der Waals surface area contributed by atoms with Crippen molar-refractivity contribution in [2.24, 2.45) is 5.92 Å². The topological polar surface area (TPSA) is 821 Å². The van der Waals surface area contributed by atoms with E-state index in [0.717, 1.165) is 6.42 Å². The summed E-state index contributed by atoms with van der Waals surface area (Å²) in [5.41, 5.74) is 1.18. The molecule has 118 heavy (non-hydrogen) atoms. The largest absolute Gasteiger partial charge is 0.491 e. The van der Waals surface area contributed by atoms with E-state index in [1.165, 1.54) is 5.56 Å². The van der Waals surface area contributed by atoms with Crippen LogP contribution in [-0.2, 0) is 72.9 Å². The minimum absolute atomic E-state index is 0.0342. The molecule has 7 aliphatic heterocycles. The van der Waals surface area contributed by atoms with E-state index >= 15 is 0 Å². The number of ketones is 2. The van der Waals surface area contributed by atoms with Crippen molar-refractivity contribution < 1.29 is 235 Å². The predicted molar refractivity (Wildman–Crippen MR) is 388 cm³/mol. The zero-order chi connectivity index (χ0) is 90.5. The first-order valence-electron chi connectivity index (χ1n) is 38.0. The Morgan fingerprint density at radius 2 is 0.924 bits per heavy atom. The number of aliphatic hydroxyl groups excluding tert-OH is 31. The number of hydrogen-bond acceptors (Lipinski definition) is 47. The van der Waals surface area contributed by atoms with Crippen LogP contribution in [0.2, 0.25) is 0 Å². The van der Waals surface area contributed by atoms with Crippen molar-refractivity contribution in [1.82, 2.24) is 5.32 Å². The minimum Gasteiger partial charge on any atom is -0.491 e. The van der Waals surface area contributed by atoms with Gasteiger partial charge in [0.25, 0.3) is 5.91 Å². The first-order chi connectivity index (χ1) is 55.4. The standard InChI is InChI=1S/C14H20O6.C10H18O6.C9H16O6.C8H17NO6.2C8H16O6.C7H14O6.C6H12O5/c1-2-8-3-5-9(6-4-8)19-7-10-11(15)12(16)13(17)14(18)20-10;1-2-3-5(12)7-9(14)8(13)6(4-11)16-10(7)15;1-2-3-4(10)5(11)8-6(12)7(13)9(14)15-8;1-2-9-8(15)7(14)6(13)5(12)4(11)3-10;1-2-13-8-7(12)6(11)5(10)4(3-9)14-8;1-2-8(13)7(12)6(11)5(10)4(3-9)14-8;1-2-11-3-12-5-4(8)6(9)13-7(5)10;1-2-10-4-3(7)5(8)11-6(4)9/h3-6,10-18H,2,7H2,1H3;6-11,13-15H,2-4H2,1H3;5-9,11-14H,2-3H2,1H3;4-7,10-14H,2-3H2,1H3,(H,9,15);4-12H,2-3H2,1H3;4-7,9-13H,2-3H2,1H3;4-10H,2-3H2,1H3;3-9H,2H2,1H3. The van der Waals surface area contributed by atoms with Gasteiger partial charge in [0.15, 0.2) is 68.0 Å². The number of likely N-dealkylation sites (N-methyl/N-ethyl adjacent to an activating group) is 1. The Bertz CT molecular complexity index is 2810. The summed E-state index contributed by atoms with van der Waals surface area (Å²) < 4.78 is 58.7. The molecule has 1 aromatic carbocycles. The van der Waals surface area contributed by atoms with E-state index in [1.807, 2.05) is 12.1 Å². The van der Waals surface area contributed by atoms with Crippen LogP contribution in [0.5, 0.6) is 5.75 Å². The zero-order valence-electron chi connectivity index (χ0n) is 66.3. The van der Waals surface area contributed by atoms with Gasteiger partial charge in [0.2, 0.25) is 0 Å². The average molecular weight is 1740 g/mol. The van der Waals surface area contributed by atoms with Gasteiger partial charge < -0.3 is 226 Å². The van der Waals surface area contributed by atoms with E-state index in [9.17, 15) is 117 Å². The third-order valence-electron chi connectivity index (χ3n) is 18.5. The molecular formula is C70H129NO47. The molecule has 0 radical (unpaired) electrons. The van der Waals surface area contributed by atoms with Crippen molar-refractivity contribution in [2.45, 2.75) is 315 Å². The van der Waals surface area contributed by atoms with Crippen LogP contribution in [0.15, 0.2) is 24.3 Å². The van der Waals surface area contributed by atoms with E-state index in [2.05, 4.69) is 21.7 Å². The second kappa shape index (κ2) is 56.9. The van der Waals surface area contributed by atoms with Gasteiger partial charge in [-0.15, -0.1) is 0 Å². The lowest BCUT2D eigenvalue weighted by molar-refractivity contribution is -0.349. The zero-order valence-corrected chi connectivity index (χ0v) is 66.3. The Morgan fingerprint density at radius 1 is 0.458 bits per heavy atom. The fourth-order valence-corrected chi connectivity index (χ4v) is 11.3. The normalized spacial score (nSPS) is 38.0. The van der Waals surface area contributed by atoms with Crippen molar-refractivity contribution in [2.75, 3.05) is 66.2 Å². The lowest BCUT2D eigenvalue weighted by atomic mass is 9.86. The second-order valence-corrected chi connectivity index (χ2v) is 27.1. The van der Waals surface area contributed by atoms with E-state index in [1.54, 1.807) is 60.6 Å². The maximum Gasteiger partial charge on any atom is 0.251 e. The van der Waals surface area contributed by atoms with Crippen molar-refractivity contribution in [3.63, 3.8) is 0 Å². The maximum absolute atomic E-state index is 11.6. The van der Waals surface area contributed by atoms with Crippen LogP contribution in [0.4, 0.5) is 0 Å². The summed E-state index contributed by atoms with van der Waals surface area (Å²) >= 11 is 0. The fraction of sp³-hybridized carbons (Fsp3) is 0.871. The quantitative estimate of drug-likeness (QED) is 0.0262. The van der Waals surface area contributed by atoms with Crippen molar-refractivity contribution in [3.05, 3.63) is 29.8 Å². The number of nitrogens with one attached hydrogen (secondary N) is 1. The number of ether oxygens (including phenoxy) is 12. The first-order valence-corrected chi connectivity index (χ1v) is 38.0. The summed E-state index contributed by atoms with van der Waals surface area (Å²) in [5, 5.41) is 298. The number of carbonyl (C=O) groups excluding carboxylic acids is 3. The number of rotatable bonds is 29. The Labute approximate surface area is 678 Å². The summed E-state index contributed by atoms with van der Waals surface area (Å²) in [7, 11) is 0. The average Bonchev–Trinajstić information content (AvgIpc) is 1.23. The number of carbonyl (C=O) groups is 3. The molecule has 0 saturated carbocycles. The molecule has 8 rings (SSSR count). The summed E-state index contributed by atoms with van der Waals surface area (Å²) in [5.74, 6) is -4.12. The van der Waals surface area contributed by atoms with Crippen LogP contribution >= 0.6 is 0 Å². The molecule has 0 spiro atoms. The minimum atomic E-state index is -1.91. The number of hydrogen-bond donors (Lipinski definition) is 33. The molecule has 37 unspecified atom stereocenters. The lowest BCUT2D eigenvalue weighted by Crippen LogP contribution is -2.64. The third kappa shape index (κ3) is 33.5. The van der Waals surface area contributed by atoms with Gasteiger partial charge in [-0.25, -0.2) is 0 Å². The highest BCUT2D eigenvalue weighted by molar-refractivity contribution is 5.83. The number of aliphatic hydroxyl groups is 32. The monoisotopic (exact) mass is 1740 g/mol. The Kier molecular flexibility index (Phi) is 54.0. The molecule has 0 aromatic heterocycles. The van der Waals surface area contributed by atoms with Crippen molar-refractivity contribution >= 4 is 17.5 Å². The SMILES string of the molecule is CCC1(O)OC(CO)C(O)C(O)C1O.CCCC(=O)C(O)C1OC(O)C(O)C1O.CCCC(=O)C1C(O)OC(CO)C(O)C1O.CCNC(=O)C(O)C(O)C(O)C(O)CO.CCOC1C(O)OC(O)C1O.CCOC1OC(CO)C(O)C(O)C1O.CCOCOC1C(O)OC(O)C1O.CCc1ccc(OCC2OC(O)C(O)C(O)C2O)cc1. The molecular weight excluding hydrogens is 1610 g/mol. The van der Waals surface area contributed by atoms with Crippen LogP contribution in [0.1, 0.15) is 93.1 Å². The van der Waals surface area contributed by atoms with Gasteiger partial charge in [-0.05, 0) is 64.7 Å². The van der Waals surface area contributed by atoms with Gasteiger partial charge in [0, 0.05) is 45.6 Å². The van der Waals surface area contributed by atoms with Gasteiger partial charge >= 0.3 is 0 Å². The molecule has 0 aliphatic carbocycles. The highest BCUT2D eigenvalue weighted by Gasteiger charge is 2.53. The summed E-state index contributed by atoms with van der Waals surface area (Å²) in [6.07, 6.45) is -44.8. The van der Waals surface area contributed by atoms with Gasteiger partial charge in [0.05, 0.1) is 38.4 Å². The second-order valence-electron chi connectivity index (χ2n) is 27.1. The highest BCUT2D eigenvalue weighted by atomic mass is 16.8. The highest BCUT2D eigenvalue weighted by Crippen LogP contribution is 2.32. The Morgan fingerprint density at radius 3 is 1.37 bits per heavy atom. The molecule has 1 amide bonds. The molecule has 696 valence electrons. The number of amides is 1. The molecule has 7 aliphatic rings. The van der Waals surface area contributed by atoms with Gasteiger partial charge in [0.1, 0.15) is 178 Å². The molecule has 1 aromatic rings. The van der Waals surface area contributed by atoms with Gasteiger partial charge in [-0.2, -0.15) is 0 Å². The number of aryl methyl sites for hydroxylation is 1. The van der Waals surface area contributed by atoms with E-state index < -0.39 is 265 Å². The van der Waals surface area contributed by atoms with Crippen LogP contribution in [0.25, 0.3) is 0 Å². The van der Waals surface area contributed by atoms with Crippen LogP contribution in [0, 0.1) is 5.92 Å². The smallest absolute Gasteiger partial charge is 0.251 e. The van der Waals surface area contributed by atoms with Crippen LogP contribution < -0.4 is 10.1 Å². The van der Waals surface area contributed by atoms with Gasteiger partial charge in [-0.3, -0.25) is 14.4 Å². The number of Topliss-reactive ketones (excluding diaryl/α,β-unsaturated/α-hetero) is 2. The molecule has 33 N–H and O–H groups in total. The molecule has 7 fully saturated rings.